The molecule has 43 heavy (non-hydrogen) atoms. The summed E-state index contributed by atoms with van der Waals surface area (Å²) in [6.45, 7) is 4.63. The molecule has 2 aromatic rings. The Bertz CT molecular complexity index is 830. The zero-order valence-electron chi connectivity index (χ0n) is 28.8. The maximum Gasteiger partial charge on any atom is 0.0486 e. The van der Waals surface area contributed by atoms with Gasteiger partial charge in [0.05, 0.1) is 0 Å². The number of rotatable bonds is 30. The maximum atomic E-state index is 2.50. The van der Waals surface area contributed by atoms with Gasteiger partial charge in [-0.25, -0.2) is 0 Å². The van der Waals surface area contributed by atoms with Crippen LogP contribution in [-0.4, -0.2) is 0 Å². The van der Waals surface area contributed by atoms with Gasteiger partial charge in [-0.3, -0.25) is 0 Å². The molecule has 0 amide bonds. The Balaban J connectivity index is 1.28. The normalized spacial score (nSPS) is 13.5. The summed E-state index contributed by atoms with van der Waals surface area (Å²) in [6.07, 6.45) is 43.3. The van der Waals surface area contributed by atoms with Gasteiger partial charge in [-0.2, -0.15) is 0 Å². The molecule has 0 bridgehead atoms. The van der Waals surface area contributed by atoms with E-state index < -0.39 is 0 Å². The highest BCUT2D eigenvalue weighted by atomic mass is 32.1. The van der Waals surface area contributed by atoms with Crippen molar-refractivity contribution >= 4 is 22.7 Å². The van der Waals surface area contributed by atoms with E-state index in [1.54, 1.807) is 20.9 Å². The van der Waals surface area contributed by atoms with Crippen molar-refractivity contribution in [3.63, 3.8) is 0 Å². The van der Waals surface area contributed by atoms with Crippen molar-refractivity contribution < 1.29 is 0 Å². The standard InChI is InChI=1S/C41H70S2/c1-3-5-7-9-11-13-15-17-19-21-23-25-27-29-33-41(37-31-35-42-39(37)40-38(41)32-36-43-40)34-30-28-26-24-22-20-18-16-14-12-10-8-6-4-2/h31-32,35-36H,3-30,33-34H2,1-2H3. The summed E-state index contributed by atoms with van der Waals surface area (Å²) in [6, 6.07) is 5.00. The van der Waals surface area contributed by atoms with Gasteiger partial charge in [0.1, 0.15) is 0 Å². The molecular weight excluding hydrogens is 557 g/mol. The number of hydrogen-bond donors (Lipinski definition) is 0. The lowest BCUT2D eigenvalue weighted by atomic mass is 9.71. The summed E-state index contributed by atoms with van der Waals surface area (Å²) in [5.41, 5.74) is 3.71. The second-order valence-electron chi connectivity index (χ2n) is 14.1. The molecule has 0 aromatic carbocycles. The van der Waals surface area contributed by atoms with Gasteiger partial charge in [-0.05, 0) is 46.9 Å². The Morgan fingerprint density at radius 2 is 0.628 bits per heavy atom. The van der Waals surface area contributed by atoms with E-state index in [9.17, 15) is 0 Å². The topological polar surface area (TPSA) is 0 Å². The molecule has 2 heterocycles. The first-order chi connectivity index (χ1) is 21.3. The monoisotopic (exact) mass is 626 g/mol. The second-order valence-corrected chi connectivity index (χ2v) is 15.9. The molecule has 0 spiro atoms. The van der Waals surface area contributed by atoms with Crippen LogP contribution in [0.5, 0.6) is 0 Å². The first kappa shape index (κ1) is 36.9. The quantitative estimate of drug-likeness (QED) is 0.0757. The van der Waals surface area contributed by atoms with Crippen LogP contribution >= 0.6 is 22.7 Å². The summed E-state index contributed by atoms with van der Waals surface area (Å²) < 4.78 is 0. The Labute approximate surface area is 277 Å². The third-order valence-corrected chi connectivity index (χ3v) is 12.5. The fraction of sp³-hybridized carbons (Fsp3) is 0.805. The summed E-state index contributed by atoms with van der Waals surface area (Å²) in [5, 5.41) is 4.75. The lowest BCUT2D eigenvalue weighted by Crippen LogP contribution is -2.24. The summed E-state index contributed by atoms with van der Waals surface area (Å²) in [4.78, 5) is 3.22. The van der Waals surface area contributed by atoms with Crippen molar-refractivity contribution in [3.05, 3.63) is 34.0 Å². The van der Waals surface area contributed by atoms with Gasteiger partial charge in [-0.15, -0.1) is 22.7 Å². The molecule has 0 saturated heterocycles. The van der Waals surface area contributed by atoms with Gasteiger partial charge < -0.3 is 0 Å². The lowest BCUT2D eigenvalue weighted by Gasteiger charge is -2.31. The molecule has 1 aliphatic rings. The van der Waals surface area contributed by atoms with Gasteiger partial charge in [0.15, 0.2) is 0 Å². The van der Waals surface area contributed by atoms with E-state index in [2.05, 4.69) is 36.7 Å². The van der Waals surface area contributed by atoms with Crippen LogP contribution in [0.1, 0.15) is 218 Å². The molecule has 1 aliphatic carbocycles. The first-order valence-electron chi connectivity index (χ1n) is 19.5. The van der Waals surface area contributed by atoms with Gasteiger partial charge in [0.2, 0.25) is 0 Å². The minimum Gasteiger partial charge on any atom is -0.143 e. The number of thiophene rings is 2. The molecule has 0 atom stereocenters. The number of fused-ring (bicyclic) bond motifs is 3. The van der Waals surface area contributed by atoms with Crippen molar-refractivity contribution in [1.29, 1.82) is 0 Å². The van der Waals surface area contributed by atoms with Crippen LogP contribution in [0.25, 0.3) is 9.75 Å². The van der Waals surface area contributed by atoms with Crippen molar-refractivity contribution in [2.24, 2.45) is 0 Å². The molecule has 0 radical (unpaired) electrons. The summed E-state index contributed by atoms with van der Waals surface area (Å²) in [5.74, 6) is 0. The third-order valence-electron chi connectivity index (χ3n) is 10.5. The van der Waals surface area contributed by atoms with Gasteiger partial charge in [0, 0.05) is 15.2 Å². The van der Waals surface area contributed by atoms with Crippen molar-refractivity contribution in [3.8, 4) is 9.75 Å². The largest absolute Gasteiger partial charge is 0.143 e. The number of hydrogen-bond acceptors (Lipinski definition) is 2. The van der Waals surface area contributed by atoms with Crippen LogP contribution in [0, 0.1) is 0 Å². The predicted octanol–water partition coefficient (Wildman–Crippen LogP) is 15.8. The average Bonchev–Trinajstić information content (AvgIpc) is 3.75. The minimum absolute atomic E-state index is 0.318. The zero-order valence-corrected chi connectivity index (χ0v) is 30.5. The fourth-order valence-electron chi connectivity index (χ4n) is 7.78. The Morgan fingerprint density at radius 3 is 0.907 bits per heavy atom. The van der Waals surface area contributed by atoms with Crippen LogP contribution in [-0.2, 0) is 5.41 Å². The van der Waals surface area contributed by atoms with Crippen molar-refractivity contribution in [2.45, 2.75) is 212 Å². The van der Waals surface area contributed by atoms with E-state index in [-0.39, 0.29) is 0 Å². The predicted molar refractivity (Wildman–Crippen MR) is 198 cm³/mol. The third kappa shape index (κ3) is 13.3. The molecule has 0 fully saturated rings. The van der Waals surface area contributed by atoms with Gasteiger partial charge >= 0.3 is 0 Å². The van der Waals surface area contributed by atoms with Crippen LogP contribution in [0.2, 0.25) is 0 Å². The molecular formula is C41H70S2. The highest BCUT2D eigenvalue weighted by Gasteiger charge is 2.43. The highest BCUT2D eigenvalue weighted by molar-refractivity contribution is 7.21. The molecule has 3 rings (SSSR count). The van der Waals surface area contributed by atoms with Gasteiger partial charge in [-0.1, -0.05) is 194 Å². The zero-order chi connectivity index (χ0) is 30.3. The van der Waals surface area contributed by atoms with E-state index in [1.807, 2.05) is 22.7 Å². The Morgan fingerprint density at radius 1 is 0.372 bits per heavy atom. The SMILES string of the molecule is CCCCCCCCCCCCCCCCC1(CCCCCCCCCCCCCCCC)c2ccsc2-c2sccc21. The van der Waals surface area contributed by atoms with E-state index in [0.29, 0.717) is 5.41 Å². The summed E-state index contributed by atoms with van der Waals surface area (Å²) in [7, 11) is 0. The van der Waals surface area contributed by atoms with Crippen LogP contribution in [0.4, 0.5) is 0 Å². The lowest BCUT2D eigenvalue weighted by molar-refractivity contribution is 0.397. The Kier molecular flexibility index (Phi) is 20.3. The van der Waals surface area contributed by atoms with E-state index in [4.69, 9.17) is 0 Å². The van der Waals surface area contributed by atoms with Gasteiger partial charge in [0.25, 0.3) is 0 Å². The smallest absolute Gasteiger partial charge is 0.0486 e. The molecule has 0 N–H and O–H groups in total. The minimum atomic E-state index is 0.318. The molecule has 246 valence electrons. The van der Waals surface area contributed by atoms with Crippen molar-refractivity contribution in [1.82, 2.24) is 0 Å². The summed E-state index contributed by atoms with van der Waals surface area (Å²) >= 11 is 4.00. The van der Waals surface area contributed by atoms with E-state index in [0.717, 1.165) is 0 Å². The maximum absolute atomic E-state index is 2.50. The van der Waals surface area contributed by atoms with Crippen LogP contribution in [0.15, 0.2) is 22.9 Å². The van der Waals surface area contributed by atoms with E-state index >= 15 is 0 Å². The second kappa shape index (κ2) is 23.7. The molecule has 2 aromatic heterocycles. The van der Waals surface area contributed by atoms with Crippen LogP contribution in [0.3, 0.4) is 0 Å². The fourth-order valence-corrected chi connectivity index (χ4v) is 9.96. The highest BCUT2D eigenvalue weighted by Crippen LogP contribution is 2.57. The average molecular weight is 627 g/mol. The van der Waals surface area contributed by atoms with E-state index in [1.165, 1.54) is 193 Å². The molecule has 0 aliphatic heterocycles. The molecule has 0 saturated carbocycles. The van der Waals surface area contributed by atoms with Crippen molar-refractivity contribution in [2.75, 3.05) is 0 Å². The molecule has 0 unspecified atom stereocenters. The number of unbranched alkanes of at least 4 members (excludes halogenated alkanes) is 26. The molecule has 2 heteroatoms. The molecule has 0 nitrogen and oxygen atoms in total. The first-order valence-corrected chi connectivity index (χ1v) is 21.3. The Hall–Kier alpha value is -0.600. The van der Waals surface area contributed by atoms with Crippen LogP contribution < -0.4 is 0 Å².